The number of ketones is 1. The van der Waals surface area contributed by atoms with E-state index in [4.69, 9.17) is 0 Å². The maximum Gasteiger partial charge on any atom is 0.235 e. The summed E-state index contributed by atoms with van der Waals surface area (Å²) in [5.41, 5.74) is 0.382. The number of nitrogens with zero attached hydrogens (tertiary/aromatic N) is 1. The fourth-order valence-electron chi connectivity index (χ4n) is 1.27. The van der Waals surface area contributed by atoms with E-state index >= 15 is 0 Å². The fourth-order valence-corrected chi connectivity index (χ4v) is 2.54. The maximum atomic E-state index is 11.8. The second-order valence-electron chi connectivity index (χ2n) is 3.30. The summed E-state index contributed by atoms with van der Waals surface area (Å²) in [6.45, 7) is 0. The zero-order valence-corrected chi connectivity index (χ0v) is 10.1. The average molecular weight is 255 g/mol. The Labute approximate surface area is 97.2 Å². The summed E-state index contributed by atoms with van der Waals surface area (Å²) in [5, 5.41) is 1.81. The van der Waals surface area contributed by atoms with Gasteiger partial charge in [0, 0.05) is 18.0 Å². The molecule has 2 aromatic heterocycles. The molecule has 0 unspecified atom stereocenters. The Morgan fingerprint density at radius 1 is 1.38 bits per heavy atom. The Hall–Kier alpha value is -1.40. The molecule has 0 bridgehead atoms. The van der Waals surface area contributed by atoms with Crippen molar-refractivity contribution in [3.05, 3.63) is 46.4 Å². The van der Waals surface area contributed by atoms with E-state index in [1.54, 1.807) is 17.5 Å². The summed E-state index contributed by atoms with van der Waals surface area (Å²) in [6, 6.07) is 5.00. The van der Waals surface area contributed by atoms with Crippen LogP contribution in [-0.2, 0) is 10.0 Å². The molecule has 0 amide bonds. The zero-order chi connectivity index (χ0) is 11.8. The second-order valence-corrected chi connectivity index (χ2v) is 6.13. The fraction of sp³-hybridized carbons (Fsp3) is 0.100. The molecule has 16 heavy (non-hydrogen) atoms. The van der Waals surface area contributed by atoms with Crippen molar-refractivity contribution in [2.75, 3.05) is 6.26 Å². The largest absolute Gasteiger partial charge is 0.288 e. The topological polar surface area (TPSA) is 56.1 Å². The summed E-state index contributed by atoms with van der Waals surface area (Å²) in [7, 11) is -3.32. The quantitative estimate of drug-likeness (QED) is 0.783. The van der Waals surface area contributed by atoms with E-state index in [0.717, 1.165) is 10.2 Å². The third-order valence-corrected chi connectivity index (χ3v) is 3.92. The molecule has 6 heteroatoms. The average Bonchev–Trinajstić information content (AvgIpc) is 2.87. The lowest BCUT2D eigenvalue weighted by molar-refractivity contribution is 0.104. The number of thiophene rings is 1. The van der Waals surface area contributed by atoms with Crippen molar-refractivity contribution in [2.24, 2.45) is 0 Å². The Morgan fingerprint density at radius 3 is 2.62 bits per heavy atom. The number of hydrogen-bond acceptors (Lipinski definition) is 4. The number of carbonyl (C=O) groups is 1. The van der Waals surface area contributed by atoms with Gasteiger partial charge in [0.2, 0.25) is 15.8 Å². The van der Waals surface area contributed by atoms with Crippen LogP contribution in [0, 0.1) is 0 Å². The highest BCUT2D eigenvalue weighted by molar-refractivity contribution is 7.89. The van der Waals surface area contributed by atoms with Crippen molar-refractivity contribution in [2.45, 2.75) is 0 Å². The molecule has 2 heterocycles. The predicted molar refractivity (Wildman–Crippen MR) is 62.4 cm³/mol. The molecule has 4 nitrogen and oxygen atoms in total. The Kier molecular flexibility index (Phi) is 2.69. The number of carbonyl (C=O) groups excluding carboxylic acids is 1. The van der Waals surface area contributed by atoms with Gasteiger partial charge in [0.05, 0.1) is 11.1 Å². The van der Waals surface area contributed by atoms with Gasteiger partial charge in [-0.15, -0.1) is 11.3 Å². The first-order chi connectivity index (χ1) is 7.48. The molecule has 0 aliphatic carbocycles. The monoisotopic (exact) mass is 255 g/mol. The van der Waals surface area contributed by atoms with E-state index in [-0.39, 0.29) is 5.78 Å². The van der Waals surface area contributed by atoms with Crippen molar-refractivity contribution in [1.82, 2.24) is 3.97 Å². The van der Waals surface area contributed by atoms with Crippen LogP contribution in [0.25, 0.3) is 0 Å². The summed E-state index contributed by atoms with van der Waals surface area (Å²) in [4.78, 5) is 12.5. The summed E-state index contributed by atoms with van der Waals surface area (Å²) < 4.78 is 23.5. The lowest BCUT2D eigenvalue weighted by Crippen LogP contribution is -2.07. The minimum Gasteiger partial charge on any atom is -0.288 e. The van der Waals surface area contributed by atoms with Crippen LogP contribution in [0.3, 0.4) is 0 Å². The second kappa shape index (κ2) is 3.88. The maximum absolute atomic E-state index is 11.8. The Morgan fingerprint density at radius 2 is 2.12 bits per heavy atom. The summed E-state index contributed by atoms with van der Waals surface area (Å²) >= 11 is 1.33. The molecule has 2 aromatic rings. The molecule has 0 atom stereocenters. The Bertz CT molecular complexity index is 608. The van der Waals surface area contributed by atoms with E-state index in [0.29, 0.717) is 10.4 Å². The molecule has 0 spiro atoms. The predicted octanol–water partition coefficient (Wildman–Crippen LogP) is 1.59. The normalized spacial score (nSPS) is 11.6. The van der Waals surface area contributed by atoms with Crippen LogP contribution < -0.4 is 0 Å². The highest BCUT2D eigenvalue weighted by Gasteiger charge is 2.13. The van der Waals surface area contributed by atoms with Gasteiger partial charge in [-0.25, -0.2) is 8.42 Å². The first kappa shape index (κ1) is 11.1. The molecule has 2 rings (SSSR count). The molecule has 0 aliphatic heterocycles. The standard InChI is InChI=1S/C10H9NO3S2/c1-16(13,14)11-5-4-8(7-11)10(12)9-3-2-6-15-9/h2-7H,1H3. The molecule has 0 saturated heterocycles. The number of rotatable bonds is 3. The lowest BCUT2D eigenvalue weighted by Gasteiger charge is -1.96. The molecule has 84 valence electrons. The van der Waals surface area contributed by atoms with Crippen LogP contribution in [0.1, 0.15) is 15.2 Å². The summed E-state index contributed by atoms with van der Waals surface area (Å²) in [5.74, 6) is -0.155. The van der Waals surface area contributed by atoms with Gasteiger partial charge < -0.3 is 0 Å². The SMILES string of the molecule is CS(=O)(=O)n1ccc(C(=O)c2cccs2)c1. The smallest absolute Gasteiger partial charge is 0.235 e. The molecular weight excluding hydrogens is 246 g/mol. The third kappa shape index (κ3) is 2.07. The highest BCUT2D eigenvalue weighted by Crippen LogP contribution is 2.15. The molecule has 0 radical (unpaired) electrons. The van der Waals surface area contributed by atoms with Crippen molar-refractivity contribution < 1.29 is 13.2 Å². The van der Waals surface area contributed by atoms with Crippen LogP contribution >= 0.6 is 11.3 Å². The first-order valence-corrected chi connectivity index (χ1v) is 7.18. The molecule has 0 N–H and O–H groups in total. The molecule has 0 saturated carbocycles. The minimum absolute atomic E-state index is 0.155. The number of aromatic nitrogens is 1. The van der Waals surface area contributed by atoms with Gasteiger partial charge in [-0.05, 0) is 17.5 Å². The van der Waals surface area contributed by atoms with E-state index in [9.17, 15) is 13.2 Å². The lowest BCUT2D eigenvalue weighted by atomic mass is 10.2. The van der Waals surface area contributed by atoms with E-state index in [1.165, 1.54) is 29.8 Å². The van der Waals surface area contributed by atoms with Gasteiger partial charge >= 0.3 is 0 Å². The van der Waals surface area contributed by atoms with Gasteiger partial charge in [0.25, 0.3) is 0 Å². The van der Waals surface area contributed by atoms with E-state index in [1.807, 2.05) is 0 Å². The van der Waals surface area contributed by atoms with E-state index in [2.05, 4.69) is 0 Å². The van der Waals surface area contributed by atoms with Gasteiger partial charge in [0.1, 0.15) is 0 Å². The van der Waals surface area contributed by atoms with Crippen LogP contribution in [-0.4, -0.2) is 24.4 Å². The van der Waals surface area contributed by atoms with Crippen LogP contribution in [0.4, 0.5) is 0 Å². The van der Waals surface area contributed by atoms with Gasteiger partial charge in [-0.2, -0.15) is 0 Å². The molecular formula is C10H9NO3S2. The summed E-state index contributed by atoms with van der Waals surface area (Å²) in [6.07, 6.45) is 3.79. The van der Waals surface area contributed by atoms with Gasteiger partial charge in [-0.3, -0.25) is 8.77 Å². The minimum atomic E-state index is -3.32. The Balaban J connectivity index is 2.37. The van der Waals surface area contributed by atoms with Crippen molar-refractivity contribution >= 4 is 27.1 Å². The molecule has 0 aromatic carbocycles. The van der Waals surface area contributed by atoms with Crippen molar-refractivity contribution in [1.29, 1.82) is 0 Å². The number of hydrogen-bond donors (Lipinski definition) is 0. The third-order valence-electron chi connectivity index (χ3n) is 2.06. The zero-order valence-electron chi connectivity index (χ0n) is 8.45. The van der Waals surface area contributed by atoms with Gasteiger partial charge in [0.15, 0.2) is 0 Å². The first-order valence-electron chi connectivity index (χ1n) is 4.45. The van der Waals surface area contributed by atoms with Crippen LogP contribution in [0.2, 0.25) is 0 Å². The van der Waals surface area contributed by atoms with Crippen molar-refractivity contribution in [3.63, 3.8) is 0 Å². The molecule has 0 fully saturated rings. The highest BCUT2D eigenvalue weighted by atomic mass is 32.2. The van der Waals surface area contributed by atoms with Crippen LogP contribution in [0.5, 0.6) is 0 Å². The molecule has 0 aliphatic rings. The van der Waals surface area contributed by atoms with Gasteiger partial charge in [-0.1, -0.05) is 6.07 Å². The van der Waals surface area contributed by atoms with Crippen LogP contribution in [0.15, 0.2) is 36.0 Å². The van der Waals surface area contributed by atoms with Crippen molar-refractivity contribution in [3.8, 4) is 0 Å². The van der Waals surface area contributed by atoms with E-state index < -0.39 is 10.0 Å².